The average molecular weight is 446 g/mol. The molecule has 0 unspecified atom stereocenters. The number of hydrogen-bond donors (Lipinski definition) is 2. The zero-order valence-corrected chi connectivity index (χ0v) is 19.4. The van der Waals surface area contributed by atoms with Crippen LogP contribution in [0.3, 0.4) is 0 Å². The Morgan fingerprint density at radius 2 is 1.56 bits per heavy atom. The van der Waals surface area contributed by atoms with Gasteiger partial charge in [0.2, 0.25) is 0 Å². The van der Waals surface area contributed by atoms with Gasteiger partial charge in [0.15, 0.2) is 5.58 Å². The highest BCUT2D eigenvalue weighted by Crippen LogP contribution is 2.18. The van der Waals surface area contributed by atoms with Crippen molar-refractivity contribution in [3.8, 4) is 0 Å². The van der Waals surface area contributed by atoms with Crippen molar-refractivity contribution in [3.05, 3.63) is 58.8 Å². The Morgan fingerprint density at radius 3 is 2.22 bits per heavy atom. The van der Waals surface area contributed by atoms with E-state index in [9.17, 15) is 9.18 Å². The van der Waals surface area contributed by atoms with Gasteiger partial charge in [-0.05, 0) is 62.8 Å². The molecule has 176 valence electrons. The summed E-state index contributed by atoms with van der Waals surface area (Å²) in [6.07, 6.45) is 1.93. The van der Waals surface area contributed by atoms with Gasteiger partial charge in [-0.2, -0.15) is 0 Å². The fourth-order valence-corrected chi connectivity index (χ4v) is 3.78. The molecule has 0 aliphatic carbocycles. The van der Waals surface area contributed by atoms with E-state index in [1.54, 1.807) is 16.7 Å². The van der Waals surface area contributed by atoms with Crippen LogP contribution in [0, 0.1) is 5.82 Å². The van der Waals surface area contributed by atoms with Crippen LogP contribution in [-0.2, 0) is 6.54 Å². The molecular weight excluding hydrogens is 409 g/mol. The van der Waals surface area contributed by atoms with Gasteiger partial charge in [0.25, 0.3) is 0 Å². The number of nitrogen functional groups attached to an aromatic ring is 1. The molecular formula is C24H36FN5O2. The summed E-state index contributed by atoms with van der Waals surface area (Å²) in [5, 5.41) is 0. The summed E-state index contributed by atoms with van der Waals surface area (Å²) in [6.45, 7) is 9.52. The first-order valence-electron chi connectivity index (χ1n) is 11.3. The maximum Gasteiger partial charge on any atom is 0.419 e. The van der Waals surface area contributed by atoms with E-state index in [2.05, 4.69) is 15.5 Å². The van der Waals surface area contributed by atoms with Crippen molar-refractivity contribution in [2.45, 2.75) is 33.2 Å². The van der Waals surface area contributed by atoms with Gasteiger partial charge in [-0.15, -0.1) is 0 Å². The number of halogens is 1. The van der Waals surface area contributed by atoms with Crippen LogP contribution in [-0.4, -0.2) is 49.2 Å². The third kappa shape index (κ3) is 6.58. The molecule has 1 aliphatic heterocycles. The number of unbranched alkanes of at least 4 members (excludes halogenated alkanes) is 1. The summed E-state index contributed by atoms with van der Waals surface area (Å²) >= 11 is 0. The van der Waals surface area contributed by atoms with Gasteiger partial charge in [0, 0.05) is 50.2 Å². The number of rotatable bonds is 6. The predicted molar refractivity (Wildman–Crippen MR) is 131 cm³/mol. The molecule has 4 rings (SSSR count). The molecule has 0 bridgehead atoms. The number of hydrogen-bond acceptors (Lipinski definition) is 6. The number of aryl methyl sites for hydroxylation is 1. The zero-order valence-electron chi connectivity index (χ0n) is 19.4. The molecule has 3 aromatic rings. The number of oxazole rings is 1. The minimum atomic E-state index is -0.325. The molecule has 1 aromatic heterocycles. The van der Waals surface area contributed by atoms with Crippen molar-refractivity contribution >= 4 is 22.5 Å². The maximum absolute atomic E-state index is 13.1. The molecule has 8 heteroatoms. The van der Waals surface area contributed by atoms with Gasteiger partial charge in [-0.1, -0.05) is 13.8 Å². The summed E-state index contributed by atoms with van der Waals surface area (Å²) in [6, 6.07) is 12.0. The van der Waals surface area contributed by atoms with Gasteiger partial charge in [0.05, 0.1) is 5.52 Å². The summed E-state index contributed by atoms with van der Waals surface area (Å²) < 4.78 is 20.0. The quantitative estimate of drug-likeness (QED) is 0.445. The number of piperazine rings is 1. The molecule has 0 atom stereocenters. The molecule has 1 fully saturated rings. The largest absolute Gasteiger partial charge is 0.419 e. The van der Waals surface area contributed by atoms with E-state index in [4.69, 9.17) is 10.2 Å². The highest BCUT2D eigenvalue weighted by Gasteiger charge is 2.17. The van der Waals surface area contributed by atoms with E-state index in [1.165, 1.54) is 19.2 Å². The molecule has 0 amide bonds. The lowest BCUT2D eigenvalue weighted by Gasteiger charge is -2.36. The fourth-order valence-electron chi connectivity index (χ4n) is 3.78. The normalized spacial score (nSPS) is 13.8. The molecule has 1 aliphatic rings. The van der Waals surface area contributed by atoms with E-state index in [0.29, 0.717) is 17.8 Å². The molecule has 2 heterocycles. The number of fused-ring (bicyclic) bond motifs is 1. The lowest BCUT2D eigenvalue weighted by molar-refractivity contribution is 0.251. The van der Waals surface area contributed by atoms with E-state index in [0.717, 1.165) is 56.8 Å². The SMILES string of the molecule is CC.CN.Nc1ccc2c(c1)oc(=O)n2CCCCN1CCN(c2ccc(F)cc2)CC1. The molecule has 0 saturated carbocycles. The van der Waals surface area contributed by atoms with Crippen LogP contribution in [0.4, 0.5) is 15.8 Å². The minimum Gasteiger partial charge on any atom is -0.408 e. The predicted octanol–water partition coefficient (Wildman–Crippen LogP) is 3.52. The van der Waals surface area contributed by atoms with Gasteiger partial charge >= 0.3 is 5.76 Å². The van der Waals surface area contributed by atoms with Gasteiger partial charge in [-0.25, -0.2) is 9.18 Å². The molecule has 4 N–H and O–H groups in total. The third-order valence-corrected chi connectivity index (χ3v) is 5.36. The van der Waals surface area contributed by atoms with Crippen LogP contribution in [0.25, 0.3) is 11.1 Å². The molecule has 2 aromatic carbocycles. The van der Waals surface area contributed by atoms with E-state index < -0.39 is 0 Å². The summed E-state index contributed by atoms with van der Waals surface area (Å²) in [5.74, 6) is -0.524. The van der Waals surface area contributed by atoms with Gasteiger partial charge in [0.1, 0.15) is 5.82 Å². The Balaban J connectivity index is 0.000000860. The Morgan fingerprint density at radius 1 is 0.938 bits per heavy atom. The zero-order chi connectivity index (χ0) is 23.5. The smallest absolute Gasteiger partial charge is 0.408 e. The highest BCUT2D eigenvalue weighted by molar-refractivity contribution is 5.76. The third-order valence-electron chi connectivity index (χ3n) is 5.36. The first-order chi connectivity index (χ1) is 15.6. The second-order valence-corrected chi connectivity index (χ2v) is 7.26. The van der Waals surface area contributed by atoms with Crippen molar-refractivity contribution in [1.29, 1.82) is 0 Å². The first kappa shape index (κ1) is 25.4. The second-order valence-electron chi connectivity index (χ2n) is 7.26. The van der Waals surface area contributed by atoms with Crippen molar-refractivity contribution in [2.24, 2.45) is 5.73 Å². The van der Waals surface area contributed by atoms with Crippen LogP contribution < -0.4 is 22.1 Å². The fraction of sp³-hybridized carbons (Fsp3) is 0.458. The summed E-state index contributed by atoms with van der Waals surface area (Å²) in [5.41, 5.74) is 13.3. The Bertz CT molecular complexity index is 992. The summed E-state index contributed by atoms with van der Waals surface area (Å²) in [4.78, 5) is 16.8. The number of benzene rings is 2. The Labute approximate surface area is 189 Å². The lowest BCUT2D eigenvalue weighted by atomic mass is 10.2. The number of nitrogens with two attached hydrogens (primary N) is 2. The van der Waals surface area contributed by atoms with Crippen molar-refractivity contribution in [2.75, 3.05) is 50.4 Å². The number of nitrogens with zero attached hydrogens (tertiary/aromatic N) is 3. The molecule has 0 spiro atoms. The number of aromatic nitrogens is 1. The Kier molecular flexibility index (Phi) is 10.2. The van der Waals surface area contributed by atoms with Crippen molar-refractivity contribution < 1.29 is 8.81 Å². The monoisotopic (exact) mass is 445 g/mol. The molecule has 0 radical (unpaired) electrons. The van der Waals surface area contributed by atoms with Gasteiger partial charge < -0.3 is 20.8 Å². The highest BCUT2D eigenvalue weighted by atomic mass is 19.1. The molecule has 1 saturated heterocycles. The van der Waals surface area contributed by atoms with Crippen LogP contribution in [0.5, 0.6) is 0 Å². The van der Waals surface area contributed by atoms with E-state index in [-0.39, 0.29) is 11.6 Å². The first-order valence-corrected chi connectivity index (χ1v) is 11.3. The maximum atomic E-state index is 13.1. The van der Waals surface area contributed by atoms with Crippen molar-refractivity contribution in [1.82, 2.24) is 9.47 Å². The van der Waals surface area contributed by atoms with Crippen LogP contribution >= 0.6 is 0 Å². The topological polar surface area (TPSA) is 93.7 Å². The lowest BCUT2D eigenvalue weighted by Crippen LogP contribution is -2.46. The van der Waals surface area contributed by atoms with E-state index in [1.807, 2.05) is 32.0 Å². The standard InChI is InChI=1S/C21H25FN4O2.C2H6.CH5N/c22-16-3-6-18(7-4-16)25-13-11-24(12-14-25)9-1-2-10-26-19-8-5-17(23)15-20(19)28-21(26)27;2*1-2/h3-8,15H,1-2,9-14,23H2;1-2H3;2H2,1H3. The number of anilines is 2. The average Bonchev–Trinajstić information content (AvgIpc) is 3.14. The van der Waals surface area contributed by atoms with Gasteiger partial charge in [-0.3, -0.25) is 9.47 Å². The van der Waals surface area contributed by atoms with Crippen molar-refractivity contribution in [3.63, 3.8) is 0 Å². The van der Waals surface area contributed by atoms with Crippen LogP contribution in [0.15, 0.2) is 51.7 Å². The second kappa shape index (κ2) is 12.9. The molecule has 32 heavy (non-hydrogen) atoms. The van der Waals surface area contributed by atoms with Crippen LogP contribution in [0.2, 0.25) is 0 Å². The van der Waals surface area contributed by atoms with E-state index >= 15 is 0 Å². The summed E-state index contributed by atoms with van der Waals surface area (Å²) in [7, 11) is 1.50. The van der Waals surface area contributed by atoms with Crippen LogP contribution in [0.1, 0.15) is 26.7 Å². The Hall–Kier alpha value is -2.84. The molecule has 7 nitrogen and oxygen atoms in total. The minimum absolute atomic E-state index is 0.199.